The van der Waals surface area contributed by atoms with Crippen LogP contribution < -0.4 is 5.32 Å². The molecule has 0 bridgehead atoms. The number of fused-ring (bicyclic) bond motifs is 1. The largest absolute Gasteiger partial charge is 0.369 e. The lowest BCUT2D eigenvalue weighted by Gasteiger charge is -2.17. The first kappa shape index (κ1) is 23.5. The van der Waals surface area contributed by atoms with Crippen LogP contribution in [0, 0.1) is 5.92 Å². The molecule has 1 saturated carbocycles. The summed E-state index contributed by atoms with van der Waals surface area (Å²) in [5.41, 5.74) is 1.81. The van der Waals surface area contributed by atoms with Gasteiger partial charge in [-0.3, -0.25) is 0 Å². The van der Waals surface area contributed by atoms with Crippen LogP contribution in [0.3, 0.4) is 0 Å². The number of ether oxygens (including phenoxy) is 1. The van der Waals surface area contributed by atoms with Gasteiger partial charge in [0, 0.05) is 11.9 Å². The Bertz CT molecular complexity index is 887. The second-order valence-corrected chi connectivity index (χ2v) is 11.3. The van der Waals surface area contributed by atoms with Gasteiger partial charge in [-0.2, -0.15) is 0 Å². The van der Waals surface area contributed by atoms with Crippen molar-refractivity contribution in [3.05, 3.63) is 29.0 Å². The molecular weight excluding hydrogens is 460 g/mol. The van der Waals surface area contributed by atoms with Crippen LogP contribution in [-0.2, 0) is 9.26 Å². The predicted molar refractivity (Wildman–Crippen MR) is 123 cm³/mol. The monoisotopic (exact) mass is 487 g/mol. The van der Waals surface area contributed by atoms with Gasteiger partial charge >= 0.3 is 0 Å². The van der Waals surface area contributed by atoms with E-state index in [2.05, 4.69) is 15.3 Å². The molecule has 1 aliphatic heterocycles. The van der Waals surface area contributed by atoms with E-state index in [9.17, 15) is 4.89 Å². The molecule has 3 unspecified atom stereocenters. The molecule has 170 valence electrons. The van der Waals surface area contributed by atoms with Gasteiger partial charge in [-0.1, -0.05) is 18.9 Å². The summed E-state index contributed by atoms with van der Waals surface area (Å²) in [5.74, 6) is 1.34. The molecule has 2 heterocycles. The van der Waals surface area contributed by atoms with Crippen molar-refractivity contribution in [1.82, 2.24) is 9.97 Å². The number of nitrogens with zero attached hydrogens (tertiary/aromatic N) is 2. The highest BCUT2D eigenvalue weighted by molar-refractivity contribution is 7.63. The third-order valence-corrected chi connectivity index (χ3v) is 8.46. The molecule has 1 aliphatic carbocycles. The normalized spacial score (nSPS) is 23.1. The molecule has 0 amide bonds. The second-order valence-electron chi connectivity index (χ2n) is 8.13. The molecule has 4 rings (SSSR count). The standard InChI is InChI=1S/C20H28ClN3O5P2/c21-20-23-17-9-14(18-8-6-15(29-18)11-28-31(27)12-30(25)26)5-7-16(17)19(24-20)22-10-13-3-1-2-4-13/h5,7,9,13,15,18,25-27H,1-4,6,8,10-12H2,(H,22,23,24). The zero-order valence-electron chi connectivity index (χ0n) is 17.2. The molecule has 1 aromatic heterocycles. The minimum Gasteiger partial charge on any atom is -0.369 e. The van der Waals surface area contributed by atoms with E-state index >= 15 is 0 Å². The number of anilines is 1. The lowest BCUT2D eigenvalue weighted by Crippen LogP contribution is -2.14. The summed E-state index contributed by atoms with van der Waals surface area (Å²) in [7, 11) is -3.98. The molecular formula is C20H28ClN3O5P2. The van der Waals surface area contributed by atoms with Crippen molar-refractivity contribution in [3.63, 3.8) is 0 Å². The van der Waals surface area contributed by atoms with Crippen molar-refractivity contribution in [1.29, 1.82) is 0 Å². The minimum atomic E-state index is -2.15. The van der Waals surface area contributed by atoms with Crippen LogP contribution in [0.2, 0.25) is 5.28 Å². The Hall–Kier alpha value is -0.690. The number of benzene rings is 1. The molecule has 11 heteroatoms. The van der Waals surface area contributed by atoms with E-state index in [0.29, 0.717) is 5.92 Å². The summed E-state index contributed by atoms with van der Waals surface area (Å²) in [6.07, 6.45) is 6.55. The summed E-state index contributed by atoms with van der Waals surface area (Å²) in [5, 5.41) is 4.63. The molecule has 31 heavy (non-hydrogen) atoms. The van der Waals surface area contributed by atoms with Crippen molar-refractivity contribution < 1.29 is 23.9 Å². The first-order valence-corrected chi connectivity index (χ1v) is 13.8. The summed E-state index contributed by atoms with van der Waals surface area (Å²) in [6.45, 7) is 1.14. The highest BCUT2D eigenvalue weighted by Crippen LogP contribution is 2.45. The molecule has 2 fully saturated rings. The molecule has 0 radical (unpaired) electrons. The zero-order chi connectivity index (χ0) is 21.8. The maximum absolute atomic E-state index is 9.70. The van der Waals surface area contributed by atoms with E-state index in [1.165, 1.54) is 25.7 Å². The van der Waals surface area contributed by atoms with Gasteiger partial charge in [-0.05, 0) is 60.9 Å². The van der Waals surface area contributed by atoms with E-state index in [0.717, 1.165) is 41.7 Å². The molecule has 8 nitrogen and oxygen atoms in total. The van der Waals surface area contributed by atoms with Crippen molar-refractivity contribution in [2.45, 2.75) is 50.7 Å². The quantitative estimate of drug-likeness (QED) is 0.297. The maximum Gasteiger partial charge on any atom is 0.224 e. The minimum absolute atomic E-state index is 0.0839. The van der Waals surface area contributed by atoms with Gasteiger partial charge in [0.2, 0.25) is 5.28 Å². The van der Waals surface area contributed by atoms with Crippen molar-refractivity contribution in [2.75, 3.05) is 24.4 Å². The van der Waals surface area contributed by atoms with Crippen molar-refractivity contribution >= 4 is 45.1 Å². The van der Waals surface area contributed by atoms with Gasteiger partial charge in [0.15, 0.2) is 16.8 Å². The molecule has 1 saturated heterocycles. The average molecular weight is 488 g/mol. The van der Waals surface area contributed by atoms with Crippen LogP contribution >= 0.6 is 28.4 Å². The van der Waals surface area contributed by atoms with E-state index in [1.54, 1.807) is 0 Å². The lowest BCUT2D eigenvalue weighted by atomic mass is 10.0. The van der Waals surface area contributed by atoms with Gasteiger partial charge < -0.3 is 29.3 Å². The summed E-state index contributed by atoms with van der Waals surface area (Å²) < 4.78 is 11.4. The fraction of sp³-hybridized carbons (Fsp3) is 0.600. The number of halogens is 1. The Balaban J connectivity index is 1.39. The number of nitrogens with one attached hydrogen (secondary N) is 1. The fourth-order valence-corrected chi connectivity index (χ4v) is 6.01. The van der Waals surface area contributed by atoms with E-state index in [1.807, 2.05) is 18.2 Å². The Kier molecular flexibility index (Phi) is 8.29. The Morgan fingerprint density at radius 3 is 2.71 bits per heavy atom. The van der Waals surface area contributed by atoms with Crippen LogP contribution in [0.25, 0.3) is 10.9 Å². The van der Waals surface area contributed by atoms with Crippen LogP contribution in [0.15, 0.2) is 18.2 Å². The molecule has 2 aromatic rings. The summed E-state index contributed by atoms with van der Waals surface area (Å²) in [4.78, 5) is 36.4. The van der Waals surface area contributed by atoms with Crippen LogP contribution in [0.1, 0.15) is 50.2 Å². The Labute approximate surface area is 189 Å². The Morgan fingerprint density at radius 2 is 1.94 bits per heavy atom. The third kappa shape index (κ3) is 6.43. The first-order valence-electron chi connectivity index (χ1n) is 10.6. The van der Waals surface area contributed by atoms with E-state index in [-0.39, 0.29) is 30.0 Å². The van der Waals surface area contributed by atoms with Gasteiger partial charge in [-0.25, -0.2) is 9.97 Å². The molecule has 4 N–H and O–H groups in total. The number of hydrogen-bond acceptors (Lipinski definition) is 8. The molecule has 3 atom stereocenters. The molecule has 0 spiro atoms. The maximum atomic E-state index is 9.70. The fourth-order valence-electron chi connectivity index (χ4n) is 4.30. The highest BCUT2D eigenvalue weighted by Gasteiger charge is 2.28. The van der Waals surface area contributed by atoms with E-state index in [4.69, 9.17) is 30.6 Å². The highest BCUT2D eigenvalue weighted by atomic mass is 35.5. The van der Waals surface area contributed by atoms with Gasteiger partial charge in [0.05, 0.1) is 30.2 Å². The van der Waals surface area contributed by atoms with E-state index < -0.39 is 16.8 Å². The van der Waals surface area contributed by atoms with Crippen molar-refractivity contribution in [3.8, 4) is 0 Å². The predicted octanol–water partition coefficient (Wildman–Crippen LogP) is 4.68. The van der Waals surface area contributed by atoms with Crippen LogP contribution in [0.4, 0.5) is 5.82 Å². The van der Waals surface area contributed by atoms with Crippen LogP contribution in [-0.4, -0.2) is 49.8 Å². The third-order valence-electron chi connectivity index (χ3n) is 5.86. The summed E-state index contributed by atoms with van der Waals surface area (Å²) >= 11 is 6.20. The molecule has 1 aromatic carbocycles. The van der Waals surface area contributed by atoms with Crippen LogP contribution in [0.5, 0.6) is 0 Å². The zero-order valence-corrected chi connectivity index (χ0v) is 19.7. The average Bonchev–Trinajstić information content (AvgIpc) is 3.41. The van der Waals surface area contributed by atoms with Crippen molar-refractivity contribution in [2.24, 2.45) is 5.92 Å². The topological polar surface area (TPSA) is 117 Å². The number of aromatic nitrogens is 2. The number of hydrogen-bond donors (Lipinski definition) is 4. The lowest BCUT2D eigenvalue weighted by molar-refractivity contribution is 0.0178. The van der Waals surface area contributed by atoms with Gasteiger partial charge in [0.1, 0.15) is 5.82 Å². The smallest absolute Gasteiger partial charge is 0.224 e. The summed E-state index contributed by atoms with van der Waals surface area (Å²) in [6, 6.07) is 6.06. The molecule has 2 aliphatic rings. The second kappa shape index (κ2) is 11.0. The first-order chi connectivity index (χ1) is 15.0. The number of rotatable bonds is 9. The Morgan fingerprint density at radius 1 is 1.13 bits per heavy atom. The SMILES string of the molecule is OP(O)CP(O)OCC1CCC(c2ccc3c(NCC4CCCC4)nc(Cl)nc3c2)O1. The van der Waals surface area contributed by atoms with Gasteiger partial charge in [0.25, 0.3) is 0 Å². The van der Waals surface area contributed by atoms with Gasteiger partial charge in [-0.15, -0.1) is 0 Å².